The number of carbonyl (C=O) groups excluding carboxylic acids is 2. The standard InChI is InChI=1S/C13H9Cl2N3O2/c1-17-6-7(14)10-11(17)12(19)16-8-4-2-3-5-9(8)18(10)13(15)20/h2-6H,1H3,(H,16,19). The van der Waals surface area contributed by atoms with Crippen LogP contribution in [0.5, 0.6) is 0 Å². The summed E-state index contributed by atoms with van der Waals surface area (Å²) in [5.74, 6) is -0.345. The molecule has 2 aromatic rings. The Balaban J connectivity index is 2.37. The molecule has 0 fully saturated rings. The van der Waals surface area contributed by atoms with Crippen molar-refractivity contribution >= 4 is 51.5 Å². The van der Waals surface area contributed by atoms with Crippen LogP contribution in [-0.4, -0.2) is 15.8 Å². The molecule has 1 aromatic heterocycles. The normalized spacial score (nSPS) is 13.3. The predicted molar refractivity (Wildman–Crippen MR) is 78.2 cm³/mol. The van der Waals surface area contributed by atoms with E-state index in [1.807, 2.05) is 0 Å². The minimum absolute atomic E-state index is 0.278. The first-order valence-corrected chi connectivity index (χ1v) is 6.51. The zero-order valence-electron chi connectivity index (χ0n) is 10.4. The van der Waals surface area contributed by atoms with E-state index in [2.05, 4.69) is 5.32 Å². The number of nitrogens with zero attached hydrogens (tertiary/aromatic N) is 2. The van der Waals surface area contributed by atoms with Crippen LogP contribution in [0.4, 0.5) is 21.9 Å². The Labute approximate surface area is 124 Å². The molecule has 0 bridgehead atoms. The smallest absolute Gasteiger partial charge is 0.325 e. The number of rotatable bonds is 0. The lowest BCUT2D eigenvalue weighted by atomic mass is 10.2. The summed E-state index contributed by atoms with van der Waals surface area (Å²) in [4.78, 5) is 25.4. The van der Waals surface area contributed by atoms with Crippen molar-refractivity contribution < 1.29 is 9.59 Å². The summed E-state index contributed by atoms with van der Waals surface area (Å²) in [6.45, 7) is 0. The molecule has 2 amide bonds. The van der Waals surface area contributed by atoms with Crippen molar-refractivity contribution in [3.05, 3.63) is 41.2 Å². The molecule has 3 rings (SSSR count). The highest BCUT2D eigenvalue weighted by Gasteiger charge is 2.33. The van der Waals surface area contributed by atoms with E-state index in [1.165, 1.54) is 4.90 Å². The molecule has 1 aromatic carbocycles. The van der Waals surface area contributed by atoms with Crippen molar-refractivity contribution in [3.63, 3.8) is 0 Å². The Hall–Kier alpha value is -1.98. The monoisotopic (exact) mass is 309 g/mol. The van der Waals surface area contributed by atoms with Crippen molar-refractivity contribution in [2.24, 2.45) is 7.05 Å². The second kappa shape index (κ2) is 4.54. The minimum Gasteiger partial charge on any atom is -0.343 e. The second-order valence-corrected chi connectivity index (χ2v) is 5.08. The first-order valence-electron chi connectivity index (χ1n) is 5.75. The summed E-state index contributed by atoms with van der Waals surface area (Å²) in [5, 5.41) is 2.29. The van der Waals surface area contributed by atoms with Gasteiger partial charge in [0, 0.05) is 13.2 Å². The Morgan fingerprint density at radius 2 is 2.00 bits per heavy atom. The zero-order valence-corrected chi connectivity index (χ0v) is 11.9. The van der Waals surface area contributed by atoms with Gasteiger partial charge in [0.1, 0.15) is 5.69 Å². The molecule has 0 spiro atoms. The van der Waals surface area contributed by atoms with Crippen LogP contribution in [-0.2, 0) is 7.05 Å². The maximum Gasteiger partial charge on any atom is 0.325 e. The van der Waals surface area contributed by atoms with Gasteiger partial charge in [-0.25, -0.2) is 0 Å². The third kappa shape index (κ3) is 1.78. The Bertz CT molecular complexity index is 739. The van der Waals surface area contributed by atoms with Gasteiger partial charge < -0.3 is 9.88 Å². The fourth-order valence-electron chi connectivity index (χ4n) is 2.32. The first-order chi connectivity index (χ1) is 9.50. The summed E-state index contributed by atoms with van der Waals surface area (Å²) >= 11 is 11.8. The molecular weight excluding hydrogens is 301 g/mol. The van der Waals surface area contributed by atoms with Crippen molar-refractivity contribution in [3.8, 4) is 0 Å². The molecule has 1 aliphatic rings. The molecular formula is C13H9Cl2N3O2. The van der Waals surface area contributed by atoms with Gasteiger partial charge in [-0.05, 0) is 23.7 Å². The third-order valence-corrected chi connectivity index (χ3v) is 3.56. The fourth-order valence-corrected chi connectivity index (χ4v) is 2.81. The van der Waals surface area contributed by atoms with Gasteiger partial charge >= 0.3 is 5.37 Å². The van der Waals surface area contributed by atoms with Crippen LogP contribution in [0, 0.1) is 0 Å². The highest BCUT2D eigenvalue weighted by molar-refractivity contribution is 6.67. The fraction of sp³-hybridized carbons (Fsp3) is 0.0769. The molecule has 0 radical (unpaired) electrons. The number of benzene rings is 1. The predicted octanol–water partition coefficient (Wildman–Crippen LogP) is 3.74. The molecule has 1 aliphatic heterocycles. The Morgan fingerprint density at radius 1 is 1.30 bits per heavy atom. The van der Waals surface area contributed by atoms with Gasteiger partial charge in [-0.1, -0.05) is 23.7 Å². The lowest BCUT2D eigenvalue weighted by Gasteiger charge is -2.19. The van der Waals surface area contributed by atoms with Crippen molar-refractivity contribution in [2.45, 2.75) is 0 Å². The van der Waals surface area contributed by atoms with E-state index in [9.17, 15) is 9.59 Å². The quantitative estimate of drug-likeness (QED) is 0.595. The van der Waals surface area contributed by atoms with Gasteiger partial charge in [0.05, 0.1) is 22.1 Å². The summed E-state index contributed by atoms with van der Waals surface area (Å²) in [5.41, 5.74) is 1.54. The van der Waals surface area contributed by atoms with E-state index in [1.54, 1.807) is 42.1 Å². The second-order valence-electron chi connectivity index (χ2n) is 4.34. The number of nitrogens with one attached hydrogen (secondary N) is 1. The molecule has 0 aliphatic carbocycles. The maximum absolute atomic E-state index is 12.3. The van der Waals surface area contributed by atoms with E-state index < -0.39 is 5.37 Å². The van der Waals surface area contributed by atoms with Gasteiger partial charge in [0.15, 0.2) is 0 Å². The number of halogens is 2. The van der Waals surface area contributed by atoms with Crippen molar-refractivity contribution in [1.29, 1.82) is 0 Å². The summed E-state index contributed by atoms with van der Waals surface area (Å²) in [6, 6.07) is 6.89. The highest BCUT2D eigenvalue weighted by Crippen LogP contribution is 2.42. The van der Waals surface area contributed by atoms with E-state index >= 15 is 0 Å². The van der Waals surface area contributed by atoms with Crippen LogP contribution < -0.4 is 10.2 Å². The number of fused-ring (bicyclic) bond motifs is 2. The number of amides is 2. The molecule has 0 saturated heterocycles. The van der Waals surface area contributed by atoms with Gasteiger partial charge in [0.2, 0.25) is 0 Å². The average molecular weight is 310 g/mol. The number of aromatic nitrogens is 1. The van der Waals surface area contributed by atoms with Gasteiger partial charge in [-0.3, -0.25) is 14.5 Å². The Kier molecular flexibility index (Phi) is 2.96. The van der Waals surface area contributed by atoms with Crippen LogP contribution in [0.2, 0.25) is 5.02 Å². The summed E-state index contributed by atoms with van der Waals surface area (Å²) in [6.07, 6.45) is 1.56. The van der Waals surface area contributed by atoms with E-state index in [0.29, 0.717) is 11.4 Å². The lowest BCUT2D eigenvalue weighted by molar-refractivity contribution is 0.102. The number of hydrogen-bond acceptors (Lipinski definition) is 2. The van der Waals surface area contributed by atoms with E-state index in [0.717, 1.165) is 0 Å². The molecule has 5 nitrogen and oxygen atoms in total. The SMILES string of the molecule is Cn1cc(Cl)c2c1C(=O)Nc1ccccc1N2C(=O)Cl. The van der Waals surface area contributed by atoms with Crippen LogP contribution in [0.3, 0.4) is 0 Å². The van der Waals surface area contributed by atoms with Crippen LogP contribution in [0.15, 0.2) is 30.5 Å². The van der Waals surface area contributed by atoms with Crippen LogP contribution in [0.1, 0.15) is 10.5 Å². The highest BCUT2D eigenvalue weighted by atomic mass is 35.5. The number of carbonyl (C=O) groups is 2. The molecule has 0 saturated carbocycles. The van der Waals surface area contributed by atoms with Gasteiger partial charge in [0.25, 0.3) is 5.91 Å². The largest absolute Gasteiger partial charge is 0.343 e. The molecule has 0 unspecified atom stereocenters. The van der Waals surface area contributed by atoms with Crippen molar-refractivity contribution in [2.75, 3.05) is 10.2 Å². The number of para-hydroxylation sites is 2. The number of hydrogen-bond donors (Lipinski definition) is 1. The van der Waals surface area contributed by atoms with E-state index in [-0.39, 0.29) is 22.3 Å². The topological polar surface area (TPSA) is 54.3 Å². The van der Waals surface area contributed by atoms with Crippen LogP contribution in [0.25, 0.3) is 0 Å². The van der Waals surface area contributed by atoms with Gasteiger partial charge in [-0.15, -0.1) is 0 Å². The summed E-state index contributed by atoms with van der Waals surface area (Å²) in [7, 11) is 1.68. The number of aryl methyl sites for hydroxylation is 1. The van der Waals surface area contributed by atoms with E-state index in [4.69, 9.17) is 23.2 Å². The van der Waals surface area contributed by atoms with Crippen LogP contribution >= 0.6 is 23.2 Å². The minimum atomic E-state index is -0.733. The summed E-state index contributed by atoms with van der Waals surface area (Å²) < 4.78 is 1.56. The molecule has 7 heteroatoms. The molecule has 20 heavy (non-hydrogen) atoms. The third-order valence-electron chi connectivity index (χ3n) is 3.12. The number of anilines is 3. The van der Waals surface area contributed by atoms with Gasteiger partial charge in [-0.2, -0.15) is 0 Å². The van der Waals surface area contributed by atoms with Crippen molar-refractivity contribution in [1.82, 2.24) is 4.57 Å². The first kappa shape index (κ1) is 13.0. The Morgan fingerprint density at radius 3 is 2.70 bits per heavy atom. The molecule has 1 N–H and O–H groups in total. The lowest BCUT2D eigenvalue weighted by Crippen LogP contribution is -2.20. The molecule has 2 heterocycles. The molecule has 102 valence electrons. The molecule has 0 atom stereocenters. The zero-order chi connectivity index (χ0) is 14.4. The maximum atomic E-state index is 12.3. The average Bonchev–Trinajstić information content (AvgIpc) is 2.59.